The third-order valence-corrected chi connectivity index (χ3v) is 6.31. The summed E-state index contributed by atoms with van der Waals surface area (Å²) in [7, 11) is 0. The maximum absolute atomic E-state index is 12.3. The third-order valence-electron chi connectivity index (χ3n) is 3.55. The van der Waals surface area contributed by atoms with Crippen molar-refractivity contribution in [2.75, 3.05) is 13.1 Å². The Morgan fingerprint density at radius 2 is 2.00 bits per heavy atom. The van der Waals surface area contributed by atoms with Gasteiger partial charge in [-0.15, -0.1) is 47.5 Å². The van der Waals surface area contributed by atoms with Gasteiger partial charge in [-0.2, -0.15) is 0 Å². The van der Waals surface area contributed by atoms with Crippen molar-refractivity contribution in [1.29, 1.82) is 0 Å². The molecule has 23 heavy (non-hydrogen) atoms. The van der Waals surface area contributed by atoms with E-state index in [1.165, 1.54) is 0 Å². The molecule has 3 rings (SSSR count). The summed E-state index contributed by atoms with van der Waals surface area (Å²) in [5, 5.41) is 5.00. The Bertz CT molecular complexity index is 642. The standard InChI is InChI=1S/C14H16BrN3OS2.2ClH/c15-9-5-12(20-7-9)14-17-11(8-21-14)6-13(19)18-3-1-10(16)2-4-18;;/h5,7-8,10H,1-4,6,16H2;2*1H. The predicted octanol–water partition coefficient (Wildman–Crippen LogP) is 3.97. The van der Waals surface area contributed by atoms with Gasteiger partial charge in [0.05, 0.1) is 17.0 Å². The number of rotatable bonds is 3. The quantitative estimate of drug-likeness (QED) is 0.756. The number of likely N-dealkylation sites (tertiary alicyclic amines) is 1. The van der Waals surface area contributed by atoms with E-state index >= 15 is 0 Å². The van der Waals surface area contributed by atoms with E-state index in [-0.39, 0.29) is 36.8 Å². The first kappa shape index (κ1) is 20.9. The largest absolute Gasteiger partial charge is 0.342 e. The van der Waals surface area contributed by atoms with E-state index in [1.54, 1.807) is 22.7 Å². The molecule has 3 heterocycles. The minimum atomic E-state index is 0. The van der Waals surface area contributed by atoms with Crippen molar-refractivity contribution in [2.45, 2.75) is 25.3 Å². The summed E-state index contributed by atoms with van der Waals surface area (Å²) < 4.78 is 1.07. The number of amides is 1. The van der Waals surface area contributed by atoms with Gasteiger partial charge >= 0.3 is 0 Å². The minimum absolute atomic E-state index is 0. The molecule has 4 nitrogen and oxygen atoms in total. The van der Waals surface area contributed by atoms with Crippen LogP contribution in [0.3, 0.4) is 0 Å². The second-order valence-electron chi connectivity index (χ2n) is 5.17. The number of piperidine rings is 1. The molecule has 2 aromatic rings. The van der Waals surface area contributed by atoms with E-state index < -0.39 is 0 Å². The van der Waals surface area contributed by atoms with E-state index in [1.807, 2.05) is 15.7 Å². The molecule has 0 saturated carbocycles. The summed E-state index contributed by atoms with van der Waals surface area (Å²) in [6.45, 7) is 1.55. The third kappa shape index (κ3) is 5.41. The smallest absolute Gasteiger partial charge is 0.228 e. The molecule has 0 atom stereocenters. The average Bonchev–Trinajstić information content (AvgIpc) is 3.08. The van der Waals surface area contributed by atoms with Gasteiger partial charge in [0, 0.05) is 34.4 Å². The zero-order valence-corrected chi connectivity index (χ0v) is 17.1. The van der Waals surface area contributed by atoms with Crippen LogP contribution in [0.4, 0.5) is 0 Å². The van der Waals surface area contributed by atoms with E-state index in [0.29, 0.717) is 6.42 Å². The van der Waals surface area contributed by atoms with Gasteiger partial charge in [-0.25, -0.2) is 4.98 Å². The summed E-state index contributed by atoms with van der Waals surface area (Å²) in [4.78, 5) is 19.9. The van der Waals surface area contributed by atoms with Crippen molar-refractivity contribution in [3.8, 4) is 9.88 Å². The lowest BCUT2D eigenvalue weighted by molar-refractivity contribution is -0.131. The maximum Gasteiger partial charge on any atom is 0.228 e. The van der Waals surface area contributed by atoms with Gasteiger partial charge in [0.2, 0.25) is 5.91 Å². The number of carbonyl (C=O) groups is 1. The Balaban J connectivity index is 0.00000132. The van der Waals surface area contributed by atoms with Crippen molar-refractivity contribution < 1.29 is 4.79 Å². The number of nitrogens with two attached hydrogens (primary N) is 1. The number of thiophene rings is 1. The molecule has 1 fully saturated rings. The number of aromatic nitrogens is 1. The van der Waals surface area contributed by atoms with Crippen LogP contribution in [0, 0.1) is 0 Å². The first-order chi connectivity index (χ1) is 10.1. The highest BCUT2D eigenvalue weighted by Crippen LogP contribution is 2.32. The molecule has 2 aromatic heterocycles. The molecule has 128 valence electrons. The number of carbonyl (C=O) groups excluding carboxylic acids is 1. The molecule has 0 spiro atoms. The number of hydrogen-bond donors (Lipinski definition) is 1. The Hall–Kier alpha value is -0.180. The lowest BCUT2D eigenvalue weighted by Crippen LogP contribution is -2.43. The number of halogens is 3. The summed E-state index contributed by atoms with van der Waals surface area (Å²) >= 11 is 6.70. The van der Waals surface area contributed by atoms with Crippen LogP contribution in [-0.4, -0.2) is 34.9 Å². The highest BCUT2D eigenvalue weighted by Gasteiger charge is 2.21. The molecule has 2 N–H and O–H groups in total. The predicted molar refractivity (Wildman–Crippen MR) is 105 cm³/mol. The molecule has 1 amide bonds. The van der Waals surface area contributed by atoms with Crippen molar-refractivity contribution in [2.24, 2.45) is 5.73 Å². The van der Waals surface area contributed by atoms with Gasteiger partial charge in [-0.3, -0.25) is 4.79 Å². The monoisotopic (exact) mass is 457 g/mol. The molecule has 0 aromatic carbocycles. The van der Waals surface area contributed by atoms with E-state index in [4.69, 9.17) is 5.73 Å². The summed E-state index contributed by atoms with van der Waals surface area (Å²) in [5.74, 6) is 0.158. The molecular weight excluding hydrogens is 441 g/mol. The lowest BCUT2D eigenvalue weighted by Gasteiger charge is -2.30. The molecule has 1 aliphatic rings. The van der Waals surface area contributed by atoms with Crippen LogP contribution in [0.15, 0.2) is 21.3 Å². The summed E-state index contributed by atoms with van der Waals surface area (Å²) in [5.41, 5.74) is 6.73. The van der Waals surface area contributed by atoms with Crippen molar-refractivity contribution in [1.82, 2.24) is 9.88 Å². The molecule has 1 aliphatic heterocycles. The molecule has 9 heteroatoms. The van der Waals surface area contributed by atoms with Gasteiger partial charge in [-0.05, 0) is 34.8 Å². The van der Waals surface area contributed by atoms with Crippen molar-refractivity contribution in [3.05, 3.63) is 27.0 Å². The van der Waals surface area contributed by atoms with Crippen LogP contribution >= 0.6 is 63.4 Å². The fraction of sp³-hybridized carbons (Fsp3) is 0.429. The van der Waals surface area contributed by atoms with E-state index in [2.05, 4.69) is 27.0 Å². The van der Waals surface area contributed by atoms with E-state index in [9.17, 15) is 4.79 Å². The molecule has 0 radical (unpaired) electrons. The zero-order valence-electron chi connectivity index (χ0n) is 12.2. The first-order valence-electron chi connectivity index (χ1n) is 6.84. The maximum atomic E-state index is 12.3. The molecule has 0 bridgehead atoms. The van der Waals surface area contributed by atoms with Gasteiger partial charge in [0.15, 0.2) is 0 Å². The number of nitrogens with zero attached hydrogens (tertiary/aromatic N) is 2. The lowest BCUT2D eigenvalue weighted by atomic mass is 10.1. The fourth-order valence-electron chi connectivity index (χ4n) is 2.34. The average molecular weight is 459 g/mol. The Labute approximate surface area is 164 Å². The topological polar surface area (TPSA) is 59.2 Å². The van der Waals surface area contributed by atoms with Crippen LogP contribution in [0.1, 0.15) is 18.5 Å². The Morgan fingerprint density at radius 3 is 2.61 bits per heavy atom. The second-order valence-corrected chi connectivity index (χ2v) is 7.85. The molecule has 1 saturated heterocycles. The Kier molecular flexibility index (Phi) is 8.47. The van der Waals surface area contributed by atoms with Crippen LogP contribution < -0.4 is 5.73 Å². The van der Waals surface area contributed by atoms with Crippen LogP contribution in [0.25, 0.3) is 9.88 Å². The highest BCUT2D eigenvalue weighted by atomic mass is 79.9. The van der Waals surface area contributed by atoms with E-state index in [0.717, 1.165) is 46.0 Å². The van der Waals surface area contributed by atoms with Crippen LogP contribution in [-0.2, 0) is 11.2 Å². The fourth-order valence-corrected chi connectivity index (χ4v) is 4.67. The van der Waals surface area contributed by atoms with Gasteiger partial charge in [-0.1, -0.05) is 0 Å². The molecule has 0 aliphatic carbocycles. The molecular formula is C14H18BrCl2N3OS2. The van der Waals surface area contributed by atoms with Crippen LogP contribution in [0.2, 0.25) is 0 Å². The number of thiazole rings is 1. The van der Waals surface area contributed by atoms with Gasteiger partial charge < -0.3 is 10.6 Å². The zero-order chi connectivity index (χ0) is 14.8. The normalized spacial score (nSPS) is 15.0. The molecule has 0 unspecified atom stereocenters. The van der Waals surface area contributed by atoms with Crippen molar-refractivity contribution in [3.63, 3.8) is 0 Å². The van der Waals surface area contributed by atoms with Crippen LogP contribution in [0.5, 0.6) is 0 Å². The number of hydrogen-bond acceptors (Lipinski definition) is 5. The van der Waals surface area contributed by atoms with Gasteiger partial charge in [0.1, 0.15) is 5.01 Å². The van der Waals surface area contributed by atoms with Gasteiger partial charge in [0.25, 0.3) is 0 Å². The van der Waals surface area contributed by atoms with Crippen molar-refractivity contribution >= 4 is 69.3 Å². The Morgan fingerprint density at radius 1 is 1.30 bits per heavy atom. The highest BCUT2D eigenvalue weighted by molar-refractivity contribution is 9.10. The SMILES string of the molecule is Cl.Cl.NC1CCN(C(=O)Cc2csc(-c3cc(Br)cs3)n2)CC1. The summed E-state index contributed by atoms with van der Waals surface area (Å²) in [6, 6.07) is 2.30. The summed E-state index contributed by atoms with van der Waals surface area (Å²) in [6.07, 6.45) is 2.19. The first-order valence-corrected chi connectivity index (χ1v) is 9.39. The minimum Gasteiger partial charge on any atom is -0.342 e. The second kappa shape index (κ2) is 9.34.